The van der Waals surface area contributed by atoms with Gasteiger partial charge in [0.05, 0.1) is 41.0 Å². The standard InChI is InChI=1S/C13H7N7O/c1-20(2)13(7-18)10(5-16)8(3-14)12(19-21)9(4-15)11(13)6-17/h10H,1-2H3. The smallest absolute Gasteiger partial charge is 0.166 e. The van der Waals surface area contributed by atoms with Gasteiger partial charge < -0.3 is 0 Å². The highest BCUT2D eigenvalue weighted by atomic mass is 16.3. The maximum absolute atomic E-state index is 10.9. The average molecular weight is 277 g/mol. The number of likely N-dealkylation sites (N-methyl/N-ethyl adjacent to an activating group) is 1. The molecule has 2 unspecified atom stereocenters. The van der Waals surface area contributed by atoms with E-state index in [1.54, 1.807) is 24.3 Å². The van der Waals surface area contributed by atoms with Crippen LogP contribution in [0.3, 0.4) is 0 Å². The molecule has 0 bridgehead atoms. The Morgan fingerprint density at radius 3 is 2.00 bits per heavy atom. The minimum absolute atomic E-state index is 0.363. The molecule has 0 N–H and O–H groups in total. The van der Waals surface area contributed by atoms with Gasteiger partial charge in [0.2, 0.25) is 0 Å². The van der Waals surface area contributed by atoms with Crippen molar-refractivity contribution < 1.29 is 0 Å². The van der Waals surface area contributed by atoms with E-state index in [1.807, 2.05) is 6.07 Å². The van der Waals surface area contributed by atoms with Crippen LogP contribution in [0.25, 0.3) is 0 Å². The van der Waals surface area contributed by atoms with Crippen LogP contribution < -0.4 is 0 Å². The lowest BCUT2D eigenvalue weighted by Gasteiger charge is -2.39. The molecule has 0 heterocycles. The summed E-state index contributed by atoms with van der Waals surface area (Å²) in [6.07, 6.45) is 0. The van der Waals surface area contributed by atoms with Crippen LogP contribution in [-0.2, 0) is 0 Å². The fourth-order valence-corrected chi connectivity index (χ4v) is 2.26. The summed E-state index contributed by atoms with van der Waals surface area (Å²) >= 11 is 0. The molecule has 0 fully saturated rings. The minimum Gasteiger partial charge on any atom is -0.286 e. The Balaban J connectivity index is 4.07. The molecule has 0 aromatic carbocycles. The van der Waals surface area contributed by atoms with Crippen molar-refractivity contribution in [3.63, 3.8) is 0 Å². The quantitative estimate of drug-likeness (QED) is 0.678. The van der Waals surface area contributed by atoms with E-state index in [4.69, 9.17) is 5.26 Å². The molecular formula is C13H7N7O. The Labute approximate surface area is 120 Å². The van der Waals surface area contributed by atoms with Gasteiger partial charge in [0.15, 0.2) is 5.54 Å². The number of nitriles is 5. The first-order chi connectivity index (χ1) is 9.99. The number of nitroso groups, excluding NO2 is 1. The third-order valence-electron chi connectivity index (χ3n) is 3.27. The summed E-state index contributed by atoms with van der Waals surface area (Å²) in [5.74, 6) is -1.40. The van der Waals surface area contributed by atoms with Gasteiger partial charge >= 0.3 is 0 Å². The molecule has 1 aliphatic rings. The van der Waals surface area contributed by atoms with Gasteiger partial charge in [0.1, 0.15) is 17.7 Å². The molecule has 1 aliphatic carbocycles. The first-order valence-electron chi connectivity index (χ1n) is 5.51. The number of hydrogen-bond acceptors (Lipinski definition) is 8. The van der Waals surface area contributed by atoms with Gasteiger partial charge in [0, 0.05) is 0 Å². The second-order valence-electron chi connectivity index (χ2n) is 4.27. The van der Waals surface area contributed by atoms with Crippen LogP contribution >= 0.6 is 0 Å². The highest BCUT2D eigenvalue weighted by Gasteiger charge is 2.53. The molecule has 0 radical (unpaired) electrons. The molecule has 100 valence electrons. The fourth-order valence-electron chi connectivity index (χ4n) is 2.26. The molecule has 0 aliphatic heterocycles. The molecule has 2 atom stereocenters. The van der Waals surface area contributed by atoms with Crippen molar-refractivity contribution in [3.8, 4) is 30.3 Å². The van der Waals surface area contributed by atoms with Crippen LogP contribution in [0.1, 0.15) is 0 Å². The van der Waals surface area contributed by atoms with E-state index < -0.39 is 28.3 Å². The van der Waals surface area contributed by atoms with Crippen molar-refractivity contribution >= 4 is 0 Å². The van der Waals surface area contributed by atoms with Crippen LogP contribution in [-0.4, -0.2) is 24.5 Å². The molecule has 8 heteroatoms. The van der Waals surface area contributed by atoms with Crippen LogP contribution in [0.2, 0.25) is 0 Å². The second-order valence-corrected chi connectivity index (χ2v) is 4.27. The molecule has 0 saturated carbocycles. The fraction of sp³-hybridized carbons (Fsp3) is 0.308. The van der Waals surface area contributed by atoms with E-state index in [9.17, 15) is 26.0 Å². The zero-order valence-corrected chi connectivity index (χ0v) is 11.1. The highest BCUT2D eigenvalue weighted by molar-refractivity contribution is 5.66. The maximum Gasteiger partial charge on any atom is 0.166 e. The van der Waals surface area contributed by atoms with E-state index in [-0.39, 0.29) is 5.57 Å². The number of allylic oxidation sites excluding steroid dienone is 1. The Kier molecular flexibility index (Phi) is 4.17. The van der Waals surface area contributed by atoms with Crippen molar-refractivity contribution in [3.05, 3.63) is 27.3 Å². The molecule has 0 spiro atoms. The molecule has 21 heavy (non-hydrogen) atoms. The summed E-state index contributed by atoms with van der Waals surface area (Å²) in [5, 5.41) is 49.1. The lowest BCUT2D eigenvalue weighted by atomic mass is 9.69. The van der Waals surface area contributed by atoms with Crippen LogP contribution in [0.5, 0.6) is 0 Å². The Bertz CT molecular complexity index is 770. The molecule has 0 aromatic heterocycles. The summed E-state index contributed by atoms with van der Waals surface area (Å²) < 4.78 is 0. The Morgan fingerprint density at radius 1 is 1.10 bits per heavy atom. The zero-order chi connectivity index (χ0) is 16.2. The van der Waals surface area contributed by atoms with Gasteiger partial charge in [-0.25, -0.2) is 0 Å². The van der Waals surface area contributed by atoms with Crippen molar-refractivity contribution in [2.45, 2.75) is 5.54 Å². The summed E-state index contributed by atoms with van der Waals surface area (Å²) in [6, 6.07) is 8.57. The van der Waals surface area contributed by atoms with Crippen molar-refractivity contribution in [1.82, 2.24) is 4.90 Å². The number of hydrogen-bond donors (Lipinski definition) is 0. The van der Waals surface area contributed by atoms with Crippen LogP contribution in [0.15, 0.2) is 27.6 Å². The minimum atomic E-state index is -1.83. The molecule has 1 rings (SSSR count). The predicted octanol–water partition coefficient (Wildman–Crippen LogP) is 0.852. The first kappa shape index (κ1) is 15.5. The van der Waals surface area contributed by atoms with E-state index in [0.29, 0.717) is 0 Å². The molecule has 0 aromatic rings. The predicted molar refractivity (Wildman–Crippen MR) is 67.8 cm³/mol. The second kappa shape index (κ2) is 5.64. The third kappa shape index (κ3) is 1.83. The summed E-state index contributed by atoms with van der Waals surface area (Å²) in [6.45, 7) is 0. The molecular weight excluding hydrogens is 270 g/mol. The first-order valence-corrected chi connectivity index (χ1v) is 5.51. The Hall–Kier alpha value is -3.51. The topological polar surface area (TPSA) is 152 Å². The average Bonchev–Trinajstić information content (AvgIpc) is 2.50. The largest absolute Gasteiger partial charge is 0.286 e. The number of rotatable bonds is 2. The van der Waals surface area contributed by atoms with Gasteiger partial charge in [-0.05, 0) is 19.3 Å². The van der Waals surface area contributed by atoms with E-state index in [0.717, 1.165) is 0 Å². The van der Waals surface area contributed by atoms with Gasteiger partial charge in [-0.1, -0.05) is 0 Å². The summed E-state index contributed by atoms with van der Waals surface area (Å²) in [4.78, 5) is 12.2. The number of nitrogens with zero attached hydrogens (tertiary/aromatic N) is 7. The van der Waals surface area contributed by atoms with E-state index in [1.165, 1.54) is 19.0 Å². The Morgan fingerprint density at radius 2 is 1.71 bits per heavy atom. The zero-order valence-electron chi connectivity index (χ0n) is 11.1. The van der Waals surface area contributed by atoms with Crippen molar-refractivity contribution in [2.24, 2.45) is 11.1 Å². The van der Waals surface area contributed by atoms with E-state index >= 15 is 0 Å². The SMILES string of the molecule is CN(C)C1(C#N)C(C#N)=C(C#N)C(N=O)=C(C#N)C1C#N. The lowest BCUT2D eigenvalue weighted by molar-refractivity contribution is 0.224. The van der Waals surface area contributed by atoms with E-state index in [2.05, 4.69) is 5.18 Å². The highest BCUT2D eigenvalue weighted by Crippen LogP contribution is 2.43. The summed E-state index contributed by atoms with van der Waals surface area (Å²) in [7, 11) is 2.88. The van der Waals surface area contributed by atoms with Crippen molar-refractivity contribution in [1.29, 1.82) is 26.3 Å². The van der Waals surface area contributed by atoms with Crippen LogP contribution in [0.4, 0.5) is 0 Å². The third-order valence-corrected chi connectivity index (χ3v) is 3.27. The summed E-state index contributed by atoms with van der Waals surface area (Å²) in [5.41, 5.74) is -3.59. The lowest BCUT2D eigenvalue weighted by Crippen LogP contribution is -2.53. The molecule has 0 saturated heterocycles. The van der Waals surface area contributed by atoms with Gasteiger partial charge in [-0.2, -0.15) is 26.3 Å². The molecule has 8 nitrogen and oxygen atoms in total. The van der Waals surface area contributed by atoms with Gasteiger partial charge in [0.25, 0.3) is 0 Å². The van der Waals surface area contributed by atoms with Crippen LogP contribution in [0, 0.1) is 67.5 Å². The van der Waals surface area contributed by atoms with Crippen molar-refractivity contribution in [2.75, 3.05) is 14.1 Å². The maximum atomic E-state index is 10.9. The molecule has 0 amide bonds. The monoisotopic (exact) mass is 277 g/mol. The normalized spacial score (nSPS) is 24.4. The van der Waals surface area contributed by atoms with Gasteiger partial charge in [-0.3, -0.25) is 4.90 Å². The van der Waals surface area contributed by atoms with Gasteiger partial charge in [-0.15, -0.1) is 4.91 Å².